The highest BCUT2D eigenvalue weighted by Gasteiger charge is 2.23. The molecule has 0 bridgehead atoms. The van der Waals surface area contributed by atoms with Crippen molar-refractivity contribution in [2.45, 2.75) is 31.6 Å². The first kappa shape index (κ1) is 12.0. The van der Waals surface area contributed by atoms with Crippen LogP contribution in [0.1, 0.15) is 42.7 Å². The smallest absolute Gasteiger partial charge is 0.123 e. The van der Waals surface area contributed by atoms with Crippen molar-refractivity contribution in [3.63, 3.8) is 0 Å². The van der Waals surface area contributed by atoms with Crippen molar-refractivity contribution in [2.24, 2.45) is 5.92 Å². The van der Waals surface area contributed by atoms with Crippen molar-refractivity contribution in [1.82, 2.24) is 4.98 Å². The minimum atomic E-state index is 0.246. The number of hydrogen-bond donors (Lipinski definition) is 1. The lowest BCUT2D eigenvalue weighted by molar-refractivity contribution is -0.111. The molecule has 0 aliphatic heterocycles. The van der Waals surface area contributed by atoms with Crippen LogP contribution in [0.15, 0.2) is 24.4 Å². The summed E-state index contributed by atoms with van der Waals surface area (Å²) in [5, 5.41) is 10.2. The zero-order chi connectivity index (χ0) is 13.2. The first-order valence-electron chi connectivity index (χ1n) is 6.78. The van der Waals surface area contributed by atoms with Gasteiger partial charge in [-0.3, -0.25) is 0 Å². The van der Waals surface area contributed by atoms with Crippen LogP contribution in [-0.4, -0.2) is 11.3 Å². The van der Waals surface area contributed by atoms with Gasteiger partial charge in [0, 0.05) is 23.0 Å². The molecule has 1 heterocycles. The van der Waals surface area contributed by atoms with Gasteiger partial charge in [0.1, 0.15) is 6.29 Å². The fourth-order valence-corrected chi connectivity index (χ4v) is 3.12. The molecule has 0 unspecified atom stereocenters. The molecular formula is C16H16N2O. The van der Waals surface area contributed by atoms with Crippen molar-refractivity contribution in [2.75, 3.05) is 0 Å². The molecule has 96 valence electrons. The summed E-state index contributed by atoms with van der Waals surface area (Å²) >= 11 is 0. The Morgan fingerprint density at radius 3 is 2.74 bits per heavy atom. The molecule has 1 fully saturated rings. The Morgan fingerprint density at radius 2 is 2.05 bits per heavy atom. The molecule has 1 aliphatic rings. The summed E-state index contributed by atoms with van der Waals surface area (Å²) in [5.41, 5.74) is 3.10. The van der Waals surface area contributed by atoms with Crippen molar-refractivity contribution >= 4 is 17.2 Å². The number of aromatic nitrogens is 1. The molecule has 1 saturated carbocycles. The molecule has 1 N–H and O–H groups in total. The van der Waals surface area contributed by atoms with Gasteiger partial charge in [-0.2, -0.15) is 5.26 Å². The number of fused-ring (bicyclic) bond motifs is 1. The van der Waals surface area contributed by atoms with Crippen LogP contribution in [-0.2, 0) is 4.79 Å². The van der Waals surface area contributed by atoms with E-state index >= 15 is 0 Å². The Balaban J connectivity index is 1.93. The number of aromatic amines is 1. The Kier molecular flexibility index (Phi) is 3.08. The number of hydrogen-bond acceptors (Lipinski definition) is 2. The summed E-state index contributed by atoms with van der Waals surface area (Å²) in [5.74, 6) is 0.759. The molecule has 0 spiro atoms. The van der Waals surface area contributed by atoms with Gasteiger partial charge in [0.15, 0.2) is 0 Å². The van der Waals surface area contributed by atoms with Crippen LogP contribution in [0.5, 0.6) is 0 Å². The van der Waals surface area contributed by atoms with Gasteiger partial charge in [-0.25, -0.2) is 0 Å². The maximum atomic E-state index is 10.8. The molecule has 2 aromatic rings. The largest absolute Gasteiger partial charge is 0.361 e. The average Bonchev–Trinajstić information content (AvgIpc) is 2.90. The molecular weight excluding hydrogens is 236 g/mol. The molecule has 19 heavy (non-hydrogen) atoms. The summed E-state index contributed by atoms with van der Waals surface area (Å²) in [7, 11) is 0. The van der Waals surface area contributed by atoms with Crippen molar-refractivity contribution < 1.29 is 4.79 Å². The molecule has 0 amide bonds. The van der Waals surface area contributed by atoms with Gasteiger partial charge in [0.05, 0.1) is 11.6 Å². The van der Waals surface area contributed by atoms with Gasteiger partial charge < -0.3 is 9.78 Å². The van der Waals surface area contributed by atoms with E-state index in [1.807, 2.05) is 18.2 Å². The van der Waals surface area contributed by atoms with Gasteiger partial charge in [0.25, 0.3) is 0 Å². The van der Waals surface area contributed by atoms with E-state index in [2.05, 4.69) is 17.3 Å². The normalized spacial score (nSPS) is 23.1. The lowest BCUT2D eigenvalue weighted by Crippen LogP contribution is -2.13. The predicted octanol–water partition coefficient (Wildman–Crippen LogP) is 3.51. The molecule has 3 nitrogen and oxygen atoms in total. The molecule has 3 rings (SSSR count). The minimum absolute atomic E-state index is 0.246. The maximum Gasteiger partial charge on any atom is 0.123 e. The molecule has 3 heteroatoms. The minimum Gasteiger partial charge on any atom is -0.361 e. The van der Waals surface area contributed by atoms with Gasteiger partial charge >= 0.3 is 0 Å². The summed E-state index contributed by atoms with van der Waals surface area (Å²) in [4.78, 5) is 14.1. The Hall–Kier alpha value is -2.08. The number of nitrogens with one attached hydrogen (secondary N) is 1. The summed E-state index contributed by atoms with van der Waals surface area (Å²) in [6.45, 7) is 0. The zero-order valence-electron chi connectivity index (χ0n) is 10.7. The number of carbonyl (C=O) groups excluding carboxylic acids is 1. The highest BCUT2D eigenvalue weighted by atomic mass is 16.1. The standard InChI is InChI=1S/C16H16N2O/c17-8-12-3-6-16-14(7-12)15(9-18-16)13-4-1-11(10-19)2-5-13/h3,6-7,9-11,13,18H,1-2,4-5H2/t11-,13-. The Bertz CT molecular complexity index is 642. The van der Waals surface area contributed by atoms with Crippen LogP contribution in [0.2, 0.25) is 0 Å². The van der Waals surface area contributed by atoms with Gasteiger partial charge in [-0.1, -0.05) is 0 Å². The van der Waals surface area contributed by atoms with Crippen LogP contribution in [0.4, 0.5) is 0 Å². The van der Waals surface area contributed by atoms with E-state index in [0.717, 1.165) is 42.9 Å². The summed E-state index contributed by atoms with van der Waals surface area (Å²) < 4.78 is 0. The predicted molar refractivity (Wildman–Crippen MR) is 73.8 cm³/mol. The second kappa shape index (κ2) is 4.89. The van der Waals surface area contributed by atoms with E-state index in [4.69, 9.17) is 5.26 Å². The van der Waals surface area contributed by atoms with Crippen molar-refractivity contribution in [3.05, 3.63) is 35.5 Å². The zero-order valence-corrected chi connectivity index (χ0v) is 10.7. The van der Waals surface area contributed by atoms with Crippen LogP contribution in [0.25, 0.3) is 10.9 Å². The Labute approximate surface area is 112 Å². The molecule has 0 atom stereocenters. The first-order chi connectivity index (χ1) is 9.31. The lowest BCUT2D eigenvalue weighted by Gasteiger charge is -2.25. The fourth-order valence-electron chi connectivity index (χ4n) is 3.12. The van der Waals surface area contributed by atoms with Crippen LogP contribution in [0.3, 0.4) is 0 Å². The van der Waals surface area contributed by atoms with E-state index in [-0.39, 0.29) is 5.92 Å². The van der Waals surface area contributed by atoms with E-state index in [1.54, 1.807) is 0 Å². The topological polar surface area (TPSA) is 56.6 Å². The second-order valence-electron chi connectivity index (χ2n) is 5.36. The number of nitriles is 1. The SMILES string of the molecule is N#Cc1ccc2[nH]cc([C@H]3CC[C@H](C=O)CC3)c2c1. The molecule has 1 aromatic heterocycles. The third-order valence-corrected chi connectivity index (χ3v) is 4.25. The maximum absolute atomic E-state index is 10.8. The van der Waals surface area contributed by atoms with E-state index < -0.39 is 0 Å². The quantitative estimate of drug-likeness (QED) is 0.831. The highest BCUT2D eigenvalue weighted by molar-refractivity contribution is 5.85. The van der Waals surface area contributed by atoms with Crippen LogP contribution in [0, 0.1) is 17.2 Å². The van der Waals surface area contributed by atoms with Crippen molar-refractivity contribution in [3.8, 4) is 6.07 Å². The van der Waals surface area contributed by atoms with E-state index in [9.17, 15) is 4.79 Å². The van der Waals surface area contributed by atoms with Gasteiger partial charge in [-0.15, -0.1) is 0 Å². The average molecular weight is 252 g/mol. The first-order valence-corrected chi connectivity index (χ1v) is 6.78. The number of nitrogens with zero attached hydrogens (tertiary/aromatic N) is 1. The summed E-state index contributed by atoms with van der Waals surface area (Å²) in [6.07, 6.45) is 7.26. The summed E-state index contributed by atoms with van der Waals surface area (Å²) in [6, 6.07) is 7.97. The van der Waals surface area contributed by atoms with E-state index in [1.165, 1.54) is 5.56 Å². The van der Waals surface area contributed by atoms with E-state index in [0.29, 0.717) is 11.5 Å². The number of benzene rings is 1. The van der Waals surface area contributed by atoms with Crippen molar-refractivity contribution in [1.29, 1.82) is 5.26 Å². The van der Waals surface area contributed by atoms with Crippen LogP contribution >= 0.6 is 0 Å². The lowest BCUT2D eigenvalue weighted by atomic mass is 9.79. The Morgan fingerprint density at radius 1 is 1.26 bits per heavy atom. The highest BCUT2D eigenvalue weighted by Crippen LogP contribution is 2.38. The number of H-pyrrole nitrogens is 1. The second-order valence-corrected chi connectivity index (χ2v) is 5.36. The van der Waals surface area contributed by atoms with Gasteiger partial charge in [0.2, 0.25) is 0 Å². The fraction of sp³-hybridized carbons (Fsp3) is 0.375. The molecule has 1 aromatic carbocycles. The number of rotatable bonds is 2. The van der Waals surface area contributed by atoms with Crippen LogP contribution < -0.4 is 0 Å². The number of aldehydes is 1. The van der Waals surface area contributed by atoms with Gasteiger partial charge in [-0.05, 0) is 55.4 Å². The molecule has 1 aliphatic carbocycles. The molecule has 0 radical (unpaired) electrons. The number of carbonyl (C=O) groups is 1. The third kappa shape index (κ3) is 2.15. The monoisotopic (exact) mass is 252 g/mol. The molecule has 0 saturated heterocycles. The third-order valence-electron chi connectivity index (χ3n) is 4.25.